The van der Waals surface area contributed by atoms with Gasteiger partial charge in [-0.25, -0.2) is 4.98 Å². The van der Waals surface area contributed by atoms with E-state index in [-0.39, 0.29) is 5.92 Å². The number of hydrogen-bond acceptors (Lipinski definition) is 4. The highest BCUT2D eigenvalue weighted by Gasteiger charge is 2.28. The van der Waals surface area contributed by atoms with Gasteiger partial charge in [0.2, 0.25) is 0 Å². The van der Waals surface area contributed by atoms with Crippen LogP contribution in [0.3, 0.4) is 0 Å². The number of ketones is 1. The van der Waals surface area contributed by atoms with Gasteiger partial charge in [-0.05, 0) is 42.2 Å². The number of nitrogens with zero attached hydrogens (tertiary/aromatic N) is 2. The molecule has 1 aliphatic carbocycles. The predicted octanol–water partition coefficient (Wildman–Crippen LogP) is 4.20. The van der Waals surface area contributed by atoms with E-state index in [2.05, 4.69) is 30.0 Å². The summed E-state index contributed by atoms with van der Waals surface area (Å²) >= 11 is 0. The van der Waals surface area contributed by atoms with Crippen LogP contribution in [0.1, 0.15) is 43.4 Å². The number of carbonyl (C=O) groups excluding carboxylic acids is 1. The van der Waals surface area contributed by atoms with Crippen molar-refractivity contribution in [1.82, 2.24) is 4.98 Å². The van der Waals surface area contributed by atoms with E-state index in [1.807, 2.05) is 31.3 Å². The largest absolute Gasteiger partial charge is 0.497 e. The van der Waals surface area contributed by atoms with Crippen molar-refractivity contribution in [2.24, 2.45) is 5.92 Å². The Labute approximate surface area is 149 Å². The summed E-state index contributed by atoms with van der Waals surface area (Å²) in [5.41, 5.74) is 2.25. The molecular weight excluding hydrogens is 312 g/mol. The molecule has 0 radical (unpaired) electrons. The molecular formula is C21H26N2O2. The van der Waals surface area contributed by atoms with Crippen LogP contribution in [-0.4, -0.2) is 24.9 Å². The summed E-state index contributed by atoms with van der Waals surface area (Å²) in [6, 6.07) is 14.2. The van der Waals surface area contributed by atoms with Gasteiger partial charge in [-0.15, -0.1) is 0 Å². The molecule has 2 aromatic rings. The van der Waals surface area contributed by atoms with Crippen LogP contribution in [0.4, 0.5) is 5.82 Å². The zero-order chi connectivity index (χ0) is 17.8. The minimum atomic E-state index is 0.246. The van der Waals surface area contributed by atoms with E-state index in [0.29, 0.717) is 24.5 Å². The van der Waals surface area contributed by atoms with Crippen LogP contribution in [0.2, 0.25) is 0 Å². The molecule has 0 saturated heterocycles. The minimum absolute atomic E-state index is 0.246. The Morgan fingerprint density at radius 1 is 1.20 bits per heavy atom. The average Bonchev–Trinajstić information content (AvgIpc) is 2.64. The predicted molar refractivity (Wildman–Crippen MR) is 100 cm³/mol. The first kappa shape index (κ1) is 17.5. The summed E-state index contributed by atoms with van der Waals surface area (Å²) in [7, 11) is 3.72. The quantitative estimate of drug-likeness (QED) is 0.819. The number of methoxy groups -OCH3 is 1. The second-order valence-corrected chi connectivity index (χ2v) is 6.99. The van der Waals surface area contributed by atoms with Crippen molar-refractivity contribution in [3.05, 3.63) is 53.7 Å². The number of rotatable bonds is 5. The molecule has 0 bridgehead atoms. The first-order valence-electron chi connectivity index (χ1n) is 8.89. The van der Waals surface area contributed by atoms with Crippen LogP contribution in [0.15, 0.2) is 42.5 Å². The fourth-order valence-electron chi connectivity index (χ4n) is 3.48. The van der Waals surface area contributed by atoms with Crippen molar-refractivity contribution in [1.29, 1.82) is 0 Å². The number of benzene rings is 1. The Hall–Kier alpha value is -2.36. The third-order valence-electron chi connectivity index (χ3n) is 5.12. The van der Waals surface area contributed by atoms with Gasteiger partial charge in [0.05, 0.1) is 7.11 Å². The molecule has 4 nitrogen and oxygen atoms in total. The molecule has 4 heteroatoms. The molecule has 1 heterocycles. The van der Waals surface area contributed by atoms with Crippen molar-refractivity contribution in [2.45, 2.75) is 38.6 Å². The maximum absolute atomic E-state index is 11.9. The molecule has 1 aromatic carbocycles. The molecule has 0 spiro atoms. The molecule has 132 valence electrons. The van der Waals surface area contributed by atoms with Gasteiger partial charge < -0.3 is 9.64 Å². The van der Waals surface area contributed by atoms with Crippen molar-refractivity contribution in [3.63, 3.8) is 0 Å². The second-order valence-electron chi connectivity index (χ2n) is 6.99. The molecule has 0 amide bonds. The smallest absolute Gasteiger partial charge is 0.133 e. The first-order valence-corrected chi connectivity index (χ1v) is 8.89. The van der Waals surface area contributed by atoms with Gasteiger partial charge in [0.15, 0.2) is 0 Å². The van der Waals surface area contributed by atoms with Crippen molar-refractivity contribution >= 4 is 11.6 Å². The van der Waals surface area contributed by atoms with E-state index in [0.717, 1.165) is 30.2 Å². The lowest BCUT2D eigenvalue weighted by molar-refractivity contribution is -0.121. The SMILES string of the molecule is COc1ccc(CN(C)c2cccc(C3CC(=O)CCC3C)n2)cc1. The Bertz CT molecular complexity index is 727. The number of hydrogen-bond donors (Lipinski definition) is 0. The number of pyridine rings is 1. The number of aromatic nitrogens is 1. The highest BCUT2D eigenvalue weighted by Crippen LogP contribution is 2.35. The van der Waals surface area contributed by atoms with Gasteiger partial charge in [-0.2, -0.15) is 0 Å². The highest BCUT2D eigenvalue weighted by molar-refractivity contribution is 5.80. The summed E-state index contributed by atoms with van der Waals surface area (Å²) in [6.45, 7) is 3.01. The van der Waals surface area contributed by atoms with Crippen molar-refractivity contribution < 1.29 is 9.53 Å². The van der Waals surface area contributed by atoms with Gasteiger partial charge in [-0.3, -0.25) is 4.79 Å². The molecule has 2 atom stereocenters. The second kappa shape index (κ2) is 7.68. The topological polar surface area (TPSA) is 42.4 Å². The van der Waals surface area contributed by atoms with E-state index in [4.69, 9.17) is 9.72 Å². The molecule has 2 unspecified atom stereocenters. The van der Waals surface area contributed by atoms with E-state index >= 15 is 0 Å². The maximum atomic E-state index is 11.9. The Morgan fingerprint density at radius 3 is 2.68 bits per heavy atom. The molecule has 1 aliphatic rings. The summed E-state index contributed by atoms with van der Waals surface area (Å²) < 4.78 is 5.21. The highest BCUT2D eigenvalue weighted by atomic mass is 16.5. The molecule has 3 rings (SSSR count). The van der Waals surface area contributed by atoms with Gasteiger partial charge in [0.25, 0.3) is 0 Å². The molecule has 1 fully saturated rings. The standard InChI is InChI=1S/C21H26N2O2/c1-15-7-10-17(24)13-19(15)20-5-4-6-21(22-20)23(2)14-16-8-11-18(25-3)12-9-16/h4-6,8-9,11-12,15,19H,7,10,13-14H2,1-3H3. The first-order chi connectivity index (χ1) is 12.1. The number of carbonyl (C=O) groups is 1. The molecule has 1 saturated carbocycles. The van der Waals surface area contributed by atoms with Gasteiger partial charge in [0, 0.05) is 38.0 Å². The van der Waals surface area contributed by atoms with Crippen LogP contribution in [0.25, 0.3) is 0 Å². The Balaban J connectivity index is 1.74. The fourth-order valence-corrected chi connectivity index (χ4v) is 3.48. The van der Waals surface area contributed by atoms with Gasteiger partial charge in [0.1, 0.15) is 17.4 Å². The third kappa shape index (κ3) is 4.19. The number of anilines is 1. The summed E-state index contributed by atoms with van der Waals surface area (Å²) in [4.78, 5) is 18.9. The van der Waals surface area contributed by atoms with Gasteiger partial charge >= 0.3 is 0 Å². The van der Waals surface area contributed by atoms with Crippen LogP contribution < -0.4 is 9.64 Å². The molecule has 1 aromatic heterocycles. The van der Waals surface area contributed by atoms with Crippen LogP contribution in [-0.2, 0) is 11.3 Å². The number of ether oxygens (including phenoxy) is 1. The lowest BCUT2D eigenvalue weighted by Crippen LogP contribution is -2.23. The van der Waals surface area contributed by atoms with E-state index in [1.165, 1.54) is 5.56 Å². The van der Waals surface area contributed by atoms with E-state index in [9.17, 15) is 4.79 Å². The molecule has 25 heavy (non-hydrogen) atoms. The summed E-state index contributed by atoms with van der Waals surface area (Å²) in [6.07, 6.45) is 2.31. The fraction of sp³-hybridized carbons (Fsp3) is 0.429. The summed E-state index contributed by atoms with van der Waals surface area (Å²) in [5.74, 6) is 2.92. The molecule has 0 aliphatic heterocycles. The van der Waals surface area contributed by atoms with Crippen LogP contribution in [0, 0.1) is 5.92 Å². The van der Waals surface area contributed by atoms with Crippen LogP contribution >= 0.6 is 0 Å². The maximum Gasteiger partial charge on any atom is 0.133 e. The minimum Gasteiger partial charge on any atom is -0.497 e. The zero-order valence-corrected chi connectivity index (χ0v) is 15.2. The van der Waals surface area contributed by atoms with Crippen LogP contribution in [0.5, 0.6) is 5.75 Å². The Morgan fingerprint density at radius 2 is 1.96 bits per heavy atom. The normalized spacial score (nSPS) is 20.4. The average molecular weight is 338 g/mol. The zero-order valence-electron chi connectivity index (χ0n) is 15.2. The van der Waals surface area contributed by atoms with E-state index in [1.54, 1.807) is 7.11 Å². The summed E-state index contributed by atoms with van der Waals surface area (Å²) in [5, 5.41) is 0. The lowest BCUT2D eigenvalue weighted by atomic mass is 9.78. The van der Waals surface area contributed by atoms with Crippen molar-refractivity contribution in [3.8, 4) is 5.75 Å². The monoisotopic (exact) mass is 338 g/mol. The Kier molecular flexibility index (Phi) is 5.37. The van der Waals surface area contributed by atoms with E-state index < -0.39 is 0 Å². The van der Waals surface area contributed by atoms with Crippen molar-refractivity contribution in [2.75, 3.05) is 19.1 Å². The number of Topliss-reactive ketones (excluding diaryl/α,β-unsaturated/α-hetero) is 1. The molecule has 0 N–H and O–H groups in total. The van der Waals surface area contributed by atoms with Gasteiger partial charge in [-0.1, -0.05) is 25.1 Å². The third-order valence-corrected chi connectivity index (χ3v) is 5.12. The lowest BCUT2D eigenvalue weighted by Gasteiger charge is -2.28.